The maximum Gasteiger partial charge on any atom is 0.223 e. The van der Waals surface area contributed by atoms with Gasteiger partial charge in [-0.1, -0.05) is 12.1 Å². The van der Waals surface area contributed by atoms with Gasteiger partial charge in [0.25, 0.3) is 0 Å². The van der Waals surface area contributed by atoms with Gasteiger partial charge in [0.05, 0.1) is 12.3 Å². The van der Waals surface area contributed by atoms with Crippen LogP contribution in [0.25, 0.3) is 0 Å². The third kappa shape index (κ3) is 3.15. The molecular weight excluding hydrogens is 244 g/mol. The van der Waals surface area contributed by atoms with Gasteiger partial charge >= 0.3 is 0 Å². The van der Waals surface area contributed by atoms with Crippen molar-refractivity contribution in [1.82, 2.24) is 10.5 Å². The van der Waals surface area contributed by atoms with Gasteiger partial charge in [-0.25, -0.2) is 0 Å². The van der Waals surface area contributed by atoms with E-state index < -0.39 is 0 Å². The van der Waals surface area contributed by atoms with E-state index in [1.165, 1.54) is 0 Å². The van der Waals surface area contributed by atoms with E-state index in [1.54, 1.807) is 0 Å². The normalized spacial score (nSPS) is 18.1. The molecule has 0 aliphatic heterocycles. The number of hydrogen-bond acceptors (Lipinski definition) is 4. The molecule has 1 atom stereocenters. The maximum absolute atomic E-state index is 12.0. The maximum atomic E-state index is 12.0. The Hall–Kier alpha value is -1.36. The third-order valence-electron chi connectivity index (χ3n) is 4.07. The van der Waals surface area contributed by atoms with E-state index in [4.69, 9.17) is 4.52 Å². The lowest BCUT2D eigenvalue weighted by atomic mass is 9.98. The highest BCUT2D eigenvalue weighted by Gasteiger charge is 2.42. The van der Waals surface area contributed by atoms with Gasteiger partial charge in [-0.2, -0.15) is 0 Å². The fourth-order valence-electron chi connectivity index (χ4n) is 2.21. The molecule has 0 saturated heterocycles. The number of aliphatic hydroxyl groups is 1. The monoisotopic (exact) mass is 266 g/mol. The number of aliphatic hydroxyl groups excluding tert-OH is 1. The molecule has 106 valence electrons. The molecule has 1 amide bonds. The molecule has 1 saturated carbocycles. The van der Waals surface area contributed by atoms with Crippen LogP contribution in [0.2, 0.25) is 0 Å². The minimum absolute atomic E-state index is 0.0275. The molecule has 5 nitrogen and oxygen atoms in total. The Balaban J connectivity index is 1.86. The lowest BCUT2D eigenvalue weighted by Crippen LogP contribution is -2.36. The largest absolute Gasteiger partial charge is 0.396 e. The van der Waals surface area contributed by atoms with Crippen molar-refractivity contribution in [2.75, 3.05) is 13.2 Å². The van der Waals surface area contributed by atoms with Gasteiger partial charge in [-0.05, 0) is 33.1 Å². The Kier molecular flexibility index (Phi) is 3.94. The van der Waals surface area contributed by atoms with Crippen LogP contribution in [0.15, 0.2) is 4.52 Å². The molecule has 0 aromatic carbocycles. The van der Waals surface area contributed by atoms with Crippen LogP contribution >= 0.6 is 0 Å². The number of nitrogens with zero attached hydrogens (tertiary/aromatic N) is 1. The topological polar surface area (TPSA) is 75.4 Å². The van der Waals surface area contributed by atoms with Gasteiger partial charge < -0.3 is 14.9 Å². The van der Waals surface area contributed by atoms with Crippen LogP contribution in [0.3, 0.4) is 0 Å². The molecule has 19 heavy (non-hydrogen) atoms. The second-order valence-electron chi connectivity index (χ2n) is 5.78. The van der Waals surface area contributed by atoms with E-state index in [9.17, 15) is 9.90 Å². The molecule has 0 spiro atoms. The van der Waals surface area contributed by atoms with E-state index in [1.807, 2.05) is 20.8 Å². The summed E-state index contributed by atoms with van der Waals surface area (Å²) in [7, 11) is 0. The van der Waals surface area contributed by atoms with Crippen molar-refractivity contribution in [3.05, 3.63) is 17.0 Å². The number of nitrogens with one attached hydrogen (secondary N) is 1. The van der Waals surface area contributed by atoms with Crippen LogP contribution in [-0.4, -0.2) is 29.3 Å². The van der Waals surface area contributed by atoms with Crippen molar-refractivity contribution in [1.29, 1.82) is 0 Å². The smallest absolute Gasteiger partial charge is 0.223 e. The van der Waals surface area contributed by atoms with Gasteiger partial charge in [0.15, 0.2) is 0 Å². The molecule has 0 radical (unpaired) electrons. The summed E-state index contributed by atoms with van der Waals surface area (Å²) in [6.07, 6.45) is 2.64. The molecule has 1 fully saturated rings. The Labute approximate surface area is 113 Å². The van der Waals surface area contributed by atoms with Gasteiger partial charge in [-0.3, -0.25) is 4.79 Å². The first kappa shape index (κ1) is 14.1. The lowest BCUT2D eigenvalue weighted by Gasteiger charge is -2.16. The number of carbonyl (C=O) groups is 1. The summed E-state index contributed by atoms with van der Waals surface area (Å²) in [5.74, 6) is 0.692. The van der Waals surface area contributed by atoms with Crippen molar-refractivity contribution < 1.29 is 14.4 Å². The summed E-state index contributed by atoms with van der Waals surface area (Å²) < 4.78 is 5.10. The van der Waals surface area contributed by atoms with Crippen molar-refractivity contribution >= 4 is 5.91 Å². The van der Waals surface area contributed by atoms with E-state index >= 15 is 0 Å². The fourth-order valence-corrected chi connectivity index (χ4v) is 2.21. The van der Waals surface area contributed by atoms with Gasteiger partial charge in [0.2, 0.25) is 5.91 Å². The Morgan fingerprint density at radius 2 is 2.21 bits per heavy atom. The Bertz CT molecular complexity index is 444. The first-order valence-corrected chi connectivity index (χ1v) is 6.78. The van der Waals surface area contributed by atoms with E-state index in [0.717, 1.165) is 29.9 Å². The van der Waals surface area contributed by atoms with Crippen molar-refractivity contribution in [2.45, 2.75) is 40.0 Å². The quantitative estimate of drug-likeness (QED) is 0.815. The van der Waals surface area contributed by atoms with Crippen LogP contribution in [0.1, 0.15) is 36.8 Å². The number of amides is 1. The second-order valence-corrected chi connectivity index (χ2v) is 5.78. The van der Waals surface area contributed by atoms with Gasteiger partial charge in [-0.15, -0.1) is 0 Å². The minimum Gasteiger partial charge on any atom is -0.396 e. The Morgan fingerprint density at radius 3 is 2.68 bits per heavy atom. The van der Waals surface area contributed by atoms with Gasteiger partial charge in [0, 0.05) is 23.4 Å². The van der Waals surface area contributed by atoms with Crippen LogP contribution in [0, 0.1) is 25.2 Å². The Morgan fingerprint density at radius 1 is 1.53 bits per heavy atom. The zero-order valence-electron chi connectivity index (χ0n) is 11.8. The van der Waals surface area contributed by atoms with E-state index in [-0.39, 0.29) is 23.8 Å². The highest BCUT2D eigenvalue weighted by molar-refractivity contribution is 5.78. The lowest BCUT2D eigenvalue weighted by molar-refractivity contribution is -0.124. The molecule has 2 rings (SSSR count). The first-order chi connectivity index (χ1) is 8.97. The standard InChI is InChI=1S/C14H22N2O3/c1-9(6-12-10(2)16-19-11(12)3)13(18)15-7-14(8-17)4-5-14/h9,17H,4-8H2,1-3H3,(H,15,18). The molecule has 1 aromatic heterocycles. The summed E-state index contributed by atoms with van der Waals surface area (Å²) in [5.41, 5.74) is 1.83. The average Bonchev–Trinajstić information content (AvgIpc) is 3.13. The van der Waals surface area contributed by atoms with Crippen molar-refractivity contribution in [3.8, 4) is 0 Å². The van der Waals surface area contributed by atoms with Crippen LogP contribution < -0.4 is 5.32 Å². The van der Waals surface area contributed by atoms with Crippen LogP contribution in [-0.2, 0) is 11.2 Å². The summed E-state index contributed by atoms with van der Waals surface area (Å²) in [5, 5.41) is 16.1. The summed E-state index contributed by atoms with van der Waals surface area (Å²) in [6.45, 7) is 6.39. The van der Waals surface area contributed by atoms with Crippen LogP contribution in [0.4, 0.5) is 0 Å². The predicted molar refractivity (Wildman–Crippen MR) is 70.6 cm³/mol. The molecule has 5 heteroatoms. The molecule has 0 bridgehead atoms. The summed E-state index contributed by atoms with van der Waals surface area (Å²) in [6, 6.07) is 0. The zero-order valence-corrected chi connectivity index (χ0v) is 11.8. The zero-order chi connectivity index (χ0) is 14.0. The highest BCUT2D eigenvalue weighted by Crippen LogP contribution is 2.44. The molecule has 1 aliphatic carbocycles. The first-order valence-electron chi connectivity index (χ1n) is 6.78. The second kappa shape index (κ2) is 5.33. The highest BCUT2D eigenvalue weighted by atomic mass is 16.5. The average molecular weight is 266 g/mol. The minimum atomic E-state index is -0.119. The number of aromatic nitrogens is 1. The van der Waals surface area contributed by atoms with E-state index in [2.05, 4.69) is 10.5 Å². The van der Waals surface area contributed by atoms with Crippen LogP contribution in [0.5, 0.6) is 0 Å². The summed E-state index contributed by atoms with van der Waals surface area (Å²) >= 11 is 0. The third-order valence-corrected chi connectivity index (χ3v) is 4.07. The molecule has 2 N–H and O–H groups in total. The molecule has 1 aromatic rings. The molecular formula is C14H22N2O3. The SMILES string of the molecule is Cc1noc(C)c1CC(C)C(=O)NCC1(CO)CC1. The van der Waals surface area contributed by atoms with Crippen molar-refractivity contribution in [3.63, 3.8) is 0 Å². The molecule has 1 heterocycles. The number of hydrogen-bond donors (Lipinski definition) is 2. The van der Waals surface area contributed by atoms with E-state index in [0.29, 0.717) is 13.0 Å². The fraction of sp³-hybridized carbons (Fsp3) is 0.714. The number of aryl methyl sites for hydroxylation is 2. The van der Waals surface area contributed by atoms with Gasteiger partial charge in [0.1, 0.15) is 5.76 Å². The van der Waals surface area contributed by atoms with Crippen molar-refractivity contribution in [2.24, 2.45) is 11.3 Å². The predicted octanol–water partition coefficient (Wildman–Crippen LogP) is 1.36. The number of carbonyl (C=O) groups excluding carboxylic acids is 1. The molecule has 1 unspecified atom stereocenters. The molecule has 1 aliphatic rings. The summed E-state index contributed by atoms with van der Waals surface area (Å²) in [4.78, 5) is 12.0. The number of rotatable bonds is 6.